The highest BCUT2D eigenvalue weighted by atomic mass is 19.4. The summed E-state index contributed by atoms with van der Waals surface area (Å²) in [7, 11) is 0. The summed E-state index contributed by atoms with van der Waals surface area (Å²) < 4.78 is 89.6. The lowest BCUT2D eigenvalue weighted by Gasteiger charge is -2.15. The number of hydrogen-bond acceptors (Lipinski definition) is 3. The van der Waals surface area contributed by atoms with Crippen LogP contribution in [0.5, 0.6) is 0 Å². The molecule has 0 aromatic heterocycles. The maximum Gasteiger partial charge on any atom is 0.416 e. The quantitative estimate of drug-likeness (QED) is 0.598. The molecule has 2 rings (SSSR count). The Morgan fingerprint density at radius 3 is 1.77 bits per heavy atom. The van der Waals surface area contributed by atoms with Gasteiger partial charge in [-0.1, -0.05) is 0 Å². The van der Waals surface area contributed by atoms with Gasteiger partial charge in [-0.25, -0.2) is 4.39 Å². The van der Waals surface area contributed by atoms with Crippen molar-refractivity contribution in [3.63, 3.8) is 0 Å². The lowest BCUT2D eigenvalue weighted by Crippen LogP contribution is -2.36. The van der Waals surface area contributed by atoms with Crippen LogP contribution in [0.3, 0.4) is 0 Å². The van der Waals surface area contributed by atoms with Crippen molar-refractivity contribution in [1.29, 1.82) is 0 Å². The van der Waals surface area contributed by atoms with Crippen LogP contribution in [-0.4, -0.2) is 24.9 Å². The van der Waals surface area contributed by atoms with E-state index in [2.05, 4.69) is 16.0 Å². The van der Waals surface area contributed by atoms with Gasteiger partial charge in [0, 0.05) is 11.4 Å². The van der Waals surface area contributed by atoms with Gasteiger partial charge in [-0.3, -0.25) is 9.59 Å². The van der Waals surface area contributed by atoms with Crippen LogP contribution in [0.1, 0.15) is 11.1 Å². The molecule has 0 saturated heterocycles. The van der Waals surface area contributed by atoms with Crippen molar-refractivity contribution >= 4 is 23.2 Å². The van der Waals surface area contributed by atoms with Gasteiger partial charge >= 0.3 is 12.4 Å². The molecule has 0 atom stereocenters. The smallest absolute Gasteiger partial charge is 0.376 e. The molecule has 0 aliphatic rings. The van der Waals surface area contributed by atoms with E-state index in [1.165, 1.54) is 12.1 Å². The van der Waals surface area contributed by atoms with E-state index in [9.17, 15) is 40.3 Å². The minimum atomic E-state index is -5.02. The normalized spacial score (nSPS) is 11.7. The predicted octanol–water partition coefficient (Wildman–Crippen LogP) is 4.03. The summed E-state index contributed by atoms with van der Waals surface area (Å²) in [6, 6.07) is 5.59. The van der Waals surface area contributed by atoms with Gasteiger partial charge in [-0.2, -0.15) is 26.3 Å². The highest BCUT2D eigenvalue weighted by Gasteiger charge is 2.36. The lowest BCUT2D eigenvalue weighted by atomic mass is 10.1. The van der Waals surface area contributed by atoms with Gasteiger partial charge in [-0.05, 0) is 42.5 Å². The Labute approximate surface area is 165 Å². The van der Waals surface area contributed by atoms with Gasteiger partial charge in [0.2, 0.25) is 11.8 Å². The van der Waals surface area contributed by atoms with Gasteiger partial charge < -0.3 is 16.0 Å². The average molecular weight is 437 g/mol. The Morgan fingerprint density at radius 2 is 1.27 bits per heavy atom. The molecule has 162 valence electrons. The predicted molar refractivity (Wildman–Crippen MR) is 93.0 cm³/mol. The van der Waals surface area contributed by atoms with Crippen molar-refractivity contribution in [2.75, 3.05) is 23.7 Å². The fourth-order valence-electron chi connectivity index (χ4n) is 2.22. The molecule has 0 aliphatic carbocycles. The topological polar surface area (TPSA) is 70.2 Å². The number of nitrogens with one attached hydrogen (secondary N) is 3. The first-order chi connectivity index (χ1) is 13.8. The SMILES string of the molecule is O=C(CNc1cc(C(F)(F)F)cc(C(F)(F)F)c1)NCC(=O)Nc1ccc(F)cc1. The monoisotopic (exact) mass is 437 g/mol. The molecule has 0 unspecified atom stereocenters. The number of carbonyl (C=O) groups excluding carboxylic acids is 2. The molecule has 0 heterocycles. The van der Waals surface area contributed by atoms with Crippen molar-refractivity contribution in [3.8, 4) is 0 Å². The minimum Gasteiger partial charge on any atom is -0.376 e. The highest BCUT2D eigenvalue weighted by molar-refractivity contribution is 5.95. The Morgan fingerprint density at radius 1 is 0.733 bits per heavy atom. The van der Waals surface area contributed by atoms with E-state index < -0.39 is 59.9 Å². The first-order valence-electron chi connectivity index (χ1n) is 8.20. The number of amides is 2. The summed E-state index contributed by atoms with van der Waals surface area (Å²) in [5.41, 5.74) is -3.36. The summed E-state index contributed by atoms with van der Waals surface area (Å²) in [6.45, 7) is -1.20. The van der Waals surface area contributed by atoms with Gasteiger partial charge in [0.15, 0.2) is 0 Å². The van der Waals surface area contributed by atoms with E-state index in [0.29, 0.717) is 12.1 Å². The number of halogens is 7. The third kappa shape index (κ3) is 6.94. The van der Waals surface area contributed by atoms with E-state index in [1.54, 1.807) is 0 Å². The standard InChI is InChI=1S/C18H14F7N3O2/c19-12-1-3-13(4-2-12)28-16(30)9-27-15(29)8-26-14-6-10(17(20,21)22)5-11(7-14)18(23,24)25/h1-7,26H,8-9H2,(H,27,29)(H,28,30). The third-order valence-electron chi connectivity index (χ3n) is 3.61. The molecule has 2 aromatic rings. The second-order valence-electron chi connectivity index (χ2n) is 5.98. The summed E-state index contributed by atoms with van der Waals surface area (Å²) in [4.78, 5) is 23.4. The lowest BCUT2D eigenvalue weighted by molar-refractivity contribution is -0.143. The molecule has 3 N–H and O–H groups in total. The van der Waals surface area contributed by atoms with Crippen LogP contribution in [0.25, 0.3) is 0 Å². The van der Waals surface area contributed by atoms with Gasteiger partial charge in [0.05, 0.1) is 24.2 Å². The second-order valence-corrected chi connectivity index (χ2v) is 5.98. The van der Waals surface area contributed by atoms with E-state index >= 15 is 0 Å². The number of carbonyl (C=O) groups is 2. The second kappa shape index (κ2) is 9.01. The average Bonchev–Trinajstić information content (AvgIpc) is 2.65. The first kappa shape index (κ1) is 23.0. The molecule has 5 nitrogen and oxygen atoms in total. The minimum absolute atomic E-state index is 0.0367. The number of alkyl halides is 6. The molecule has 0 saturated carbocycles. The molecule has 0 spiro atoms. The zero-order valence-electron chi connectivity index (χ0n) is 14.9. The van der Waals surface area contributed by atoms with E-state index in [1.807, 2.05) is 0 Å². The number of benzene rings is 2. The summed E-state index contributed by atoms with van der Waals surface area (Å²) >= 11 is 0. The van der Waals surface area contributed by atoms with Crippen molar-refractivity contribution in [2.24, 2.45) is 0 Å². The van der Waals surface area contributed by atoms with Crippen LogP contribution < -0.4 is 16.0 Å². The molecule has 0 bridgehead atoms. The summed E-state index contributed by atoms with van der Waals surface area (Å²) in [5, 5.41) is 6.66. The van der Waals surface area contributed by atoms with E-state index in [-0.39, 0.29) is 11.8 Å². The fraction of sp³-hybridized carbons (Fsp3) is 0.222. The molecular weight excluding hydrogens is 423 g/mol. The van der Waals surface area contributed by atoms with Crippen molar-refractivity contribution in [3.05, 3.63) is 59.4 Å². The van der Waals surface area contributed by atoms with Gasteiger partial charge in [0.1, 0.15) is 5.82 Å². The van der Waals surface area contributed by atoms with Gasteiger partial charge in [0.25, 0.3) is 0 Å². The Balaban J connectivity index is 1.93. The molecule has 2 aromatic carbocycles. The maximum atomic E-state index is 12.8. The van der Waals surface area contributed by atoms with Gasteiger partial charge in [-0.15, -0.1) is 0 Å². The van der Waals surface area contributed by atoms with Crippen LogP contribution in [0, 0.1) is 5.82 Å². The number of rotatable bonds is 6. The molecular formula is C18H14F7N3O2. The molecule has 30 heavy (non-hydrogen) atoms. The zero-order valence-corrected chi connectivity index (χ0v) is 14.9. The Bertz CT molecular complexity index is 877. The van der Waals surface area contributed by atoms with Crippen LogP contribution in [0.2, 0.25) is 0 Å². The van der Waals surface area contributed by atoms with Crippen molar-refractivity contribution in [2.45, 2.75) is 12.4 Å². The highest BCUT2D eigenvalue weighted by Crippen LogP contribution is 2.37. The summed E-state index contributed by atoms with van der Waals surface area (Å²) in [6.07, 6.45) is -10.0. The maximum absolute atomic E-state index is 12.8. The van der Waals surface area contributed by atoms with E-state index in [0.717, 1.165) is 12.1 Å². The molecule has 0 radical (unpaired) electrons. The fourth-order valence-corrected chi connectivity index (χ4v) is 2.22. The first-order valence-corrected chi connectivity index (χ1v) is 8.20. The molecule has 0 fully saturated rings. The van der Waals surface area contributed by atoms with Crippen molar-refractivity contribution < 1.29 is 40.3 Å². The molecule has 12 heteroatoms. The largest absolute Gasteiger partial charge is 0.416 e. The Kier molecular flexibility index (Phi) is 6.90. The zero-order chi connectivity index (χ0) is 22.5. The van der Waals surface area contributed by atoms with Crippen LogP contribution >= 0.6 is 0 Å². The van der Waals surface area contributed by atoms with Crippen LogP contribution in [-0.2, 0) is 21.9 Å². The number of hydrogen-bond donors (Lipinski definition) is 3. The number of anilines is 2. The molecule has 2 amide bonds. The van der Waals surface area contributed by atoms with Crippen LogP contribution in [0.15, 0.2) is 42.5 Å². The Hall–Kier alpha value is -3.31. The van der Waals surface area contributed by atoms with Crippen molar-refractivity contribution in [1.82, 2.24) is 5.32 Å². The third-order valence-corrected chi connectivity index (χ3v) is 3.61. The van der Waals surface area contributed by atoms with Crippen LogP contribution in [0.4, 0.5) is 42.1 Å². The summed E-state index contributed by atoms with van der Waals surface area (Å²) in [5.74, 6) is -2.04. The van der Waals surface area contributed by atoms with E-state index in [4.69, 9.17) is 0 Å². The molecule has 0 aliphatic heterocycles.